The molecule has 0 bridgehead atoms. The number of hydrogen-bond acceptors (Lipinski definition) is 7. The van der Waals surface area contributed by atoms with Crippen molar-refractivity contribution in [2.45, 2.75) is 41.6 Å². The molecule has 1 aromatic rings. The average Bonchev–Trinajstić information content (AvgIpc) is 2.75. The van der Waals surface area contributed by atoms with Crippen LogP contribution in [-0.4, -0.2) is 79.0 Å². The SMILES string of the molecule is CO[C@H]1[C@H](OCc2ccccc2)[C@H](I)[C@@H](OCC(=O)O)O[C@@H]1COCCCN=C(N)N. The lowest BCUT2D eigenvalue weighted by molar-refractivity contribution is -0.265. The maximum atomic E-state index is 11.0. The van der Waals surface area contributed by atoms with Crippen LogP contribution in [0.15, 0.2) is 35.3 Å². The van der Waals surface area contributed by atoms with Crippen LogP contribution < -0.4 is 11.5 Å². The Balaban J connectivity index is 2.01. The van der Waals surface area contributed by atoms with Crippen molar-refractivity contribution in [2.75, 3.05) is 33.5 Å². The van der Waals surface area contributed by atoms with Crippen LogP contribution in [0.25, 0.3) is 0 Å². The van der Waals surface area contributed by atoms with Crippen molar-refractivity contribution in [3.8, 4) is 0 Å². The van der Waals surface area contributed by atoms with Gasteiger partial charge in [0.25, 0.3) is 0 Å². The summed E-state index contributed by atoms with van der Waals surface area (Å²) in [5.74, 6) is -1.03. The van der Waals surface area contributed by atoms with Crippen LogP contribution in [0.5, 0.6) is 0 Å². The van der Waals surface area contributed by atoms with Gasteiger partial charge in [-0.15, -0.1) is 0 Å². The third kappa shape index (κ3) is 8.86. The molecule has 174 valence electrons. The minimum absolute atomic E-state index is 0.0416. The van der Waals surface area contributed by atoms with E-state index < -0.39 is 37.2 Å². The molecule has 1 aromatic carbocycles. The van der Waals surface area contributed by atoms with Gasteiger partial charge in [-0.25, -0.2) is 4.79 Å². The first-order valence-electron chi connectivity index (χ1n) is 9.86. The summed E-state index contributed by atoms with van der Waals surface area (Å²) in [6.45, 7) is 1.02. The molecule has 0 spiro atoms. The maximum absolute atomic E-state index is 11.0. The lowest BCUT2D eigenvalue weighted by Crippen LogP contribution is -2.59. The third-order valence-corrected chi connectivity index (χ3v) is 5.82. The fourth-order valence-corrected chi connectivity index (χ4v) is 4.10. The first kappa shape index (κ1) is 25.7. The van der Waals surface area contributed by atoms with Crippen LogP contribution in [0.2, 0.25) is 0 Å². The minimum Gasteiger partial charge on any atom is -0.480 e. The number of nitrogens with zero attached hydrogens (tertiary/aromatic N) is 1. The van der Waals surface area contributed by atoms with Crippen LogP contribution in [0.1, 0.15) is 12.0 Å². The second kappa shape index (κ2) is 13.8. The lowest BCUT2D eigenvalue weighted by atomic mass is 10.0. The van der Waals surface area contributed by atoms with E-state index in [0.29, 0.717) is 26.2 Å². The lowest BCUT2D eigenvalue weighted by Gasteiger charge is -2.43. The molecule has 5 N–H and O–H groups in total. The van der Waals surface area contributed by atoms with Crippen molar-refractivity contribution >= 4 is 34.5 Å². The quantitative estimate of drug-likeness (QED) is 0.107. The molecule has 0 unspecified atom stereocenters. The van der Waals surface area contributed by atoms with Gasteiger partial charge >= 0.3 is 5.97 Å². The zero-order chi connectivity index (χ0) is 22.6. The topological polar surface area (TPSA) is 148 Å². The molecule has 1 aliphatic heterocycles. The summed E-state index contributed by atoms with van der Waals surface area (Å²) >= 11 is 2.15. The number of halogens is 1. The highest BCUT2D eigenvalue weighted by Gasteiger charge is 2.46. The van der Waals surface area contributed by atoms with E-state index in [-0.39, 0.29) is 16.5 Å². The van der Waals surface area contributed by atoms with Crippen molar-refractivity contribution in [3.05, 3.63) is 35.9 Å². The number of rotatable bonds is 13. The number of aliphatic carboxylic acids is 1. The molecule has 1 fully saturated rings. The van der Waals surface area contributed by atoms with E-state index in [9.17, 15) is 4.79 Å². The Kier molecular flexibility index (Phi) is 11.5. The number of nitrogens with two attached hydrogens (primary N) is 2. The Morgan fingerprint density at radius 2 is 1.97 bits per heavy atom. The Morgan fingerprint density at radius 3 is 2.61 bits per heavy atom. The number of carbonyl (C=O) groups is 1. The fourth-order valence-electron chi connectivity index (χ4n) is 3.10. The Morgan fingerprint density at radius 1 is 1.23 bits per heavy atom. The molecular formula is C20H30IN3O7. The zero-order valence-electron chi connectivity index (χ0n) is 17.4. The number of carboxylic acid groups (broad SMARTS) is 1. The van der Waals surface area contributed by atoms with Gasteiger partial charge in [0.2, 0.25) is 0 Å². The number of methoxy groups -OCH3 is 1. The summed E-state index contributed by atoms with van der Waals surface area (Å²) in [5.41, 5.74) is 11.6. The summed E-state index contributed by atoms with van der Waals surface area (Å²) < 4.78 is 28.8. The van der Waals surface area contributed by atoms with Crippen molar-refractivity contribution in [2.24, 2.45) is 16.5 Å². The molecule has 2 rings (SSSR count). The second-order valence-electron chi connectivity index (χ2n) is 6.89. The molecule has 5 atom stereocenters. The first-order valence-corrected chi connectivity index (χ1v) is 11.1. The highest BCUT2D eigenvalue weighted by atomic mass is 127. The van der Waals surface area contributed by atoms with E-state index in [1.165, 1.54) is 0 Å². The number of ether oxygens (including phenoxy) is 5. The van der Waals surface area contributed by atoms with E-state index in [1.807, 2.05) is 30.3 Å². The van der Waals surface area contributed by atoms with E-state index in [1.54, 1.807) is 7.11 Å². The summed E-state index contributed by atoms with van der Waals surface area (Å²) in [7, 11) is 1.58. The van der Waals surface area contributed by atoms with Crippen molar-refractivity contribution in [1.29, 1.82) is 0 Å². The number of alkyl halides is 1. The van der Waals surface area contributed by atoms with Gasteiger partial charge < -0.3 is 40.3 Å². The summed E-state index contributed by atoms with van der Waals surface area (Å²) in [5, 5.41) is 8.98. The van der Waals surface area contributed by atoms with Crippen molar-refractivity contribution in [3.63, 3.8) is 0 Å². The number of aliphatic imine (C=N–C) groups is 1. The maximum Gasteiger partial charge on any atom is 0.329 e. The molecule has 0 saturated carbocycles. The largest absolute Gasteiger partial charge is 0.480 e. The second-order valence-corrected chi connectivity index (χ2v) is 8.33. The Bertz CT molecular complexity index is 691. The number of hydrogen-bond donors (Lipinski definition) is 3. The van der Waals surface area contributed by atoms with Gasteiger partial charge in [-0.3, -0.25) is 4.99 Å². The van der Waals surface area contributed by atoms with Gasteiger partial charge in [-0.2, -0.15) is 0 Å². The number of carboxylic acids is 1. The van der Waals surface area contributed by atoms with Crippen molar-refractivity contribution < 1.29 is 33.6 Å². The smallest absolute Gasteiger partial charge is 0.329 e. The van der Waals surface area contributed by atoms with Crippen LogP contribution in [-0.2, 0) is 35.1 Å². The van der Waals surface area contributed by atoms with E-state index >= 15 is 0 Å². The molecule has 11 heteroatoms. The van der Waals surface area contributed by atoms with Gasteiger partial charge in [-0.1, -0.05) is 52.9 Å². The van der Waals surface area contributed by atoms with Gasteiger partial charge in [0.1, 0.15) is 24.9 Å². The normalized spacial score (nSPS) is 25.8. The molecule has 1 aliphatic rings. The predicted molar refractivity (Wildman–Crippen MR) is 122 cm³/mol. The Labute approximate surface area is 195 Å². The molecule has 1 heterocycles. The van der Waals surface area contributed by atoms with Crippen LogP contribution in [0, 0.1) is 0 Å². The zero-order valence-corrected chi connectivity index (χ0v) is 19.6. The number of guanidine groups is 1. The highest BCUT2D eigenvalue weighted by Crippen LogP contribution is 2.32. The summed E-state index contributed by atoms with van der Waals surface area (Å²) in [4.78, 5) is 14.9. The standard InChI is InChI=1S/C20H30IN3O7/c1-27-17-14(11-28-9-5-8-24-20(22)23)31-19(30-12-15(25)26)16(21)18(17)29-10-13-6-3-2-4-7-13/h2-4,6-7,14,16-19H,5,8-12H2,1H3,(H,25,26)(H4,22,23,24)/t14-,16+,17-,18-,19+/m1/s1. The molecule has 0 amide bonds. The van der Waals surface area contributed by atoms with E-state index in [0.717, 1.165) is 5.56 Å². The summed E-state index contributed by atoms with van der Waals surface area (Å²) in [6, 6.07) is 9.76. The molecular weight excluding hydrogens is 521 g/mol. The van der Waals surface area contributed by atoms with Crippen molar-refractivity contribution in [1.82, 2.24) is 0 Å². The third-order valence-electron chi connectivity index (χ3n) is 4.52. The van der Waals surface area contributed by atoms with Gasteiger partial charge in [0.05, 0.1) is 17.1 Å². The van der Waals surface area contributed by atoms with Crippen LogP contribution in [0.3, 0.4) is 0 Å². The Hall–Kier alpha value is -1.51. The van der Waals surface area contributed by atoms with Crippen LogP contribution in [0.4, 0.5) is 0 Å². The average molecular weight is 551 g/mol. The first-order chi connectivity index (χ1) is 14.9. The predicted octanol–water partition coefficient (Wildman–Crippen LogP) is 0.897. The molecule has 0 aromatic heterocycles. The number of benzene rings is 1. The molecule has 1 saturated heterocycles. The summed E-state index contributed by atoms with van der Waals surface area (Å²) in [6.07, 6.45) is -1.45. The molecule has 31 heavy (non-hydrogen) atoms. The molecule has 0 aliphatic carbocycles. The van der Waals surface area contributed by atoms with Gasteiger partial charge in [-0.05, 0) is 12.0 Å². The van der Waals surface area contributed by atoms with E-state index in [4.69, 9.17) is 40.3 Å². The fraction of sp³-hybridized carbons (Fsp3) is 0.600. The monoisotopic (exact) mass is 551 g/mol. The van der Waals surface area contributed by atoms with E-state index in [2.05, 4.69) is 27.6 Å². The molecule has 0 radical (unpaired) electrons. The molecule has 10 nitrogen and oxygen atoms in total. The van der Waals surface area contributed by atoms with Gasteiger partial charge in [0, 0.05) is 20.3 Å². The van der Waals surface area contributed by atoms with Crippen LogP contribution >= 0.6 is 22.6 Å². The van der Waals surface area contributed by atoms with Gasteiger partial charge in [0.15, 0.2) is 12.2 Å². The highest BCUT2D eigenvalue weighted by molar-refractivity contribution is 14.1. The minimum atomic E-state index is -1.07.